The van der Waals surface area contributed by atoms with E-state index in [1.54, 1.807) is 25.3 Å². The zero-order valence-electron chi connectivity index (χ0n) is 18.0. The fraction of sp³-hybridized carbons (Fsp3) is 0.160. The third kappa shape index (κ3) is 4.78. The summed E-state index contributed by atoms with van der Waals surface area (Å²) in [6.45, 7) is 2.21. The molecule has 0 unspecified atom stereocenters. The van der Waals surface area contributed by atoms with Gasteiger partial charge in [0.25, 0.3) is 5.91 Å². The Morgan fingerprint density at radius 3 is 2.62 bits per heavy atom. The van der Waals surface area contributed by atoms with Crippen molar-refractivity contribution in [2.45, 2.75) is 20.0 Å². The second-order valence-corrected chi connectivity index (χ2v) is 7.44. The molecule has 0 aliphatic carbocycles. The van der Waals surface area contributed by atoms with Crippen LogP contribution < -0.4 is 15.4 Å². The number of ether oxygens (including phenoxy) is 1. The predicted octanol–water partition coefficient (Wildman–Crippen LogP) is 3.92. The van der Waals surface area contributed by atoms with Crippen LogP contribution >= 0.6 is 0 Å². The van der Waals surface area contributed by atoms with Crippen molar-refractivity contribution >= 4 is 28.5 Å². The first-order valence-corrected chi connectivity index (χ1v) is 10.3. The van der Waals surface area contributed by atoms with Crippen LogP contribution in [0.2, 0.25) is 0 Å². The van der Waals surface area contributed by atoms with Crippen molar-refractivity contribution < 1.29 is 14.3 Å². The number of rotatable bonds is 7. The molecule has 7 nitrogen and oxygen atoms in total. The third-order valence-electron chi connectivity index (χ3n) is 5.08. The van der Waals surface area contributed by atoms with Gasteiger partial charge in [-0.3, -0.25) is 9.59 Å². The van der Waals surface area contributed by atoms with Crippen LogP contribution in [0, 0.1) is 6.92 Å². The van der Waals surface area contributed by atoms with E-state index in [-0.39, 0.29) is 24.9 Å². The SMILES string of the molecule is COc1cccc(NC(=O)Cn2c(CNC(=O)c3cccc(C)c3)nc3ccccc32)c1. The van der Waals surface area contributed by atoms with Crippen molar-refractivity contribution in [3.05, 3.63) is 89.7 Å². The molecule has 0 atom stereocenters. The molecule has 2 amide bonds. The second kappa shape index (κ2) is 9.34. The van der Waals surface area contributed by atoms with Gasteiger partial charge in [0.2, 0.25) is 5.91 Å². The smallest absolute Gasteiger partial charge is 0.251 e. The normalized spacial score (nSPS) is 10.7. The summed E-state index contributed by atoms with van der Waals surface area (Å²) in [5.41, 5.74) is 3.84. The summed E-state index contributed by atoms with van der Waals surface area (Å²) in [5, 5.41) is 5.80. The molecule has 0 saturated carbocycles. The summed E-state index contributed by atoms with van der Waals surface area (Å²) >= 11 is 0. The van der Waals surface area contributed by atoms with Crippen LogP contribution in [0.4, 0.5) is 5.69 Å². The molecule has 4 aromatic rings. The fourth-order valence-electron chi connectivity index (χ4n) is 3.53. The van der Waals surface area contributed by atoms with Crippen molar-refractivity contribution in [1.29, 1.82) is 0 Å². The molecule has 32 heavy (non-hydrogen) atoms. The monoisotopic (exact) mass is 428 g/mol. The van der Waals surface area contributed by atoms with E-state index in [0.29, 0.717) is 22.8 Å². The Hall–Kier alpha value is -4.13. The van der Waals surface area contributed by atoms with Gasteiger partial charge < -0.3 is 19.9 Å². The number of hydrogen-bond acceptors (Lipinski definition) is 4. The zero-order chi connectivity index (χ0) is 22.5. The number of aromatic nitrogens is 2. The molecule has 3 aromatic carbocycles. The van der Waals surface area contributed by atoms with Crippen molar-refractivity contribution in [1.82, 2.24) is 14.9 Å². The van der Waals surface area contributed by atoms with Gasteiger partial charge in [-0.2, -0.15) is 0 Å². The number of hydrogen-bond donors (Lipinski definition) is 2. The van der Waals surface area contributed by atoms with Crippen LogP contribution in [0.15, 0.2) is 72.8 Å². The molecule has 1 aromatic heterocycles. The molecular formula is C25H24N4O3. The molecular weight excluding hydrogens is 404 g/mol. The maximum atomic E-state index is 12.8. The number of carbonyl (C=O) groups is 2. The van der Waals surface area contributed by atoms with Crippen molar-refractivity contribution in [3.63, 3.8) is 0 Å². The highest BCUT2D eigenvalue weighted by molar-refractivity contribution is 5.94. The van der Waals surface area contributed by atoms with E-state index in [4.69, 9.17) is 4.74 Å². The minimum absolute atomic E-state index is 0.0629. The molecule has 2 N–H and O–H groups in total. The number of aryl methyl sites for hydroxylation is 1. The standard InChI is InChI=1S/C25H24N4O3/c1-17-7-5-8-18(13-17)25(31)26-15-23-28-21-11-3-4-12-22(21)29(23)16-24(30)27-19-9-6-10-20(14-19)32-2/h3-14H,15-16H2,1-2H3,(H,26,31)(H,27,30). The summed E-state index contributed by atoms with van der Waals surface area (Å²) in [6.07, 6.45) is 0. The van der Waals surface area contributed by atoms with E-state index in [1.165, 1.54) is 0 Å². The number of fused-ring (bicyclic) bond motifs is 1. The second-order valence-electron chi connectivity index (χ2n) is 7.44. The highest BCUT2D eigenvalue weighted by atomic mass is 16.5. The minimum Gasteiger partial charge on any atom is -0.497 e. The highest BCUT2D eigenvalue weighted by Crippen LogP contribution is 2.19. The van der Waals surface area contributed by atoms with Crippen molar-refractivity contribution in [2.75, 3.05) is 12.4 Å². The number of anilines is 1. The molecule has 0 radical (unpaired) electrons. The number of nitrogens with zero attached hydrogens (tertiary/aromatic N) is 2. The predicted molar refractivity (Wildman–Crippen MR) is 124 cm³/mol. The molecule has 162 valence electrons. The van der Waals surface area contributed by atoms with E-state index >= 15 is 0 Å². The number of amides is 2. The van der Waals surface area contributed by atoms with Crippen molar-refractivity contribution in [2.24, 2.45) is 0 Å². The average Bonchev–Trinajstić information content (AvgIpc) is 3.14. The Balaban J connectivity index is 1.53. The van der Waals surface area contributed by atoms with Crippen LogP contribution in [-0.2, 0) is 17.9 Å². The summed E-state index contributed by atoms with van der Waals surface area (Å²) in [4.78, 5) is 30.0. The number of para-hydroxylation sites is 2. The molecule has 0 saturated heterocycles. The third-order valence-corrected chi connectivity index (χ3v) is 5.08. The first kappa shape index (κ1) is 21.1. The van der Waals surface area contributed by atoms with Gasteiger partial charge in [-0.25, -0.2) is 4.98 Å². The Labute approximate surface area is 186 Å². The Morgan fingerprint density at radius 1 is 1.00 bits per heavy atom. The van der Waals surface area contributed by atoms with Crippen LogP contribution in [0.25, 0.3) is 11.0 Å². The average molecular weight is 428 g/mol. The fourth-order valence-corrected chi connectivity index (χ4v) is 3.53. The molecule has 1 heterocycles. The highest BCUT2D eigenvalue weighted by Gasteiger charge is 2.15. The van der Waals surface area contributed by atoms with Gasteiger partial charge in [-0.15, -0.1) is 0 Å². The first-order chi connectivity index (χ1) is 15.5. The van der Waals surface area contributed by atoms with E-state index in [9.17, 15) is 9.59 Å². The van der Waals surface area contributed by atoms with Gasteiger partial charge in [0, 0.05) is 17.3 Å². The largest absolute Gasteiger partial charge is 0.497 e. The summed E-state index contributed by atoms with van der Waals surface area (Å²) in [5.74, 6) is 0.879. The molecule has 0 fully saturated rings. The lowest BCUT2D eigenvalue weighted by Crippen LogP contribution is -2.26. The molecule has 0 aliphatic heterocycles. The van der Waals surface area contributed by atoms with Gasteiger partial charge in [0.05, 0.1) is 24.7 Å². The first-order valence-electron chi connectivity index (χ1n) is 10.3. The summed E-state index contributed by atoms with van der Waals surface area (Å²) in [6, 6.07) is 22.2. The number of benzene rings is 3. The molecule has 0 bridgehead atoms. The Kier molecular flexibility index (Phi) is 6.17. The quantitative estimate of drug-likeness (QED) is 0.467. The molecule has 0 aliphatic rings. The number of imidazole rings is 1. The Bertz CT molecular complexity index is 1280. The van der Waals surface area contributed by atoms with E-state index < -0.39 is 0 Å². The van der Waals surface area contributed by atoms with Crippen LogP contribution in [0.3, 0.4) is 0 Å². The van der Waals surface area contributed by atoms with Gasteiger partial charge in [0.15, 0.2) is 0 Å². The maximum Gasteiger partial charge on any atom is 0.251 e. The number of methoxy groups -OCH3 is 1. The van der Waals surface area contributed by atoms with Gasteiger partial charge in [0.1, 0.15) is 18.1 Å². The summed E-state index contributed by atoms with van der Waals surface area (Å²) in [7, 11) is 1.58. The van der Waals surface area contributed by atoms with Gasteiger partial charge in [-0.1, -0.05) is 35.9 Å². The number of nitrogens with one attached hydrogen (secondary N) is 2. The van der Waals surface area contributed by atoms with Crippen LogP contribution in [0.5, 0.6) is 5.75 Å². The van der Waals surface area contributed by atoms with Crippen molar-refractivity contribution in [3.8, 4) is 5.75 Å². The number of carbonyl (C=O) groups excluding carboxylic acids is 2. The Morgan fingerprint density at radius 2 is 1.81 bits per heavy atom. The van der Waals surface area contributed by atoms with E-state index in [1.807, 2.05) is 66.1 Å². The van der Waals surface area contributed by atoms with Crippen LogP contribution in [0.1, 0.15) is 21.7 Å². The molecule has 4 rings (SSSR count). The topological polar surface area (TPSA) is 85.2 Å². The maximum absolute atomic E-state index is 12.8. The van der Waals surface area contributed by atoms with Crippen LogP contribution in [-0.4, -0.2) is 28.5 Å². The van der Waals surface area contributed by atoms with Gasteiger partial charge in [-0.05, 0) is 43.3 Å². The lowest BCUT2D eigenvalue weighted by atomic mass is 10.1. The van der Waals surface area contributed by atoms with Gasteiger partial charge >= 0.3 is 0 Å². The lowest BCUT2D eigenvalue weighted by Gasteiger charge is -2.11. The zero-order valence-corrected chi connectivity index (χ0v) is 18.0. The molecule has 0 spiro atoms. The van der Waals surface area contributed by atoms with E-state index in [0.717, 1.165) is 16.6 Å². The van der Waals surface area contributed by atoms with E-state index in [2.05, 4.69) is 15.6 Å². The lowest BCUT2D eigenvalue weighted by molar-refractivity contribution is -0.116. The molecule has 7 heteroatoms. The minimum atomic E-state index is -0.201. The summed E-state index contributed by atoms with van der Waals surface area (Å²) < 4.78 is 7.03.